The standard InChI is InChI=1S/C8H7NOS/c1-11-8-6-3-5-10-7(6)2-4-9-8/h2-5H,1H3. The number of hydrogen-bond acceptors (Lipinski definition) is 3. The molecule has 0 aromatic carbocycles. The van der Waals surface area contributed by atoms with Crippen molar-refractivity contribution in [2.24, 2.45) is 0 Å². The molecule has 0 spiro atoms. The highest BCUT2D eigenvalue weighted by Crippen LogP contribution is 2.23. The third kappa shape index (κ3) is 1.01. The number of aromatic nitrogens is 1. The summed E-state index contributed by atoms with van der Waals surface area (Å²) in [5, 5.41) is 2.12. The molecule has 2 heterocycles. The van der Waals surface area contributed by atoms with Crippen LogP contribution in [0.1, 0.15) is 0 Å². The van der Waals surface area contributed by atoms with E-state index in [9.17, 15) is 0 Å². The number of nitrogens with zero attached hydrogens (tertiary/aromatic N) is 1. The maximum Gasteiger partial charge on any atom is 0.138 e. The van der Waals surface area contributed by atoms with Gasteiger partial charge in [0.25, 0.3) is 0 Å². The molecule has 0 atom stereocenters. The topological polar surface area (TPSA) is 26.0 Å². The predicted molar refractivity (Wildman–Crippen MR) is 45.8 cm³/mol. The molecule has 2 aromatic heterocycles. The van der Waals surface area contributed by atoms with E-state index in [1.165, 1.54) is 0 Å². The second-order valence-corrected chi connectivity index (χ2v) is 2.95. The molecular formula is C8H7NOS. The Hall–Kier alpha value is -0.960. The van der Waals surface area contributed by atoms with E-state index in [-0.39, 0.29) is 0 Å². The van der Waals surface area contributed by atoms with Crippen LogP contribution in [0.15, 0.2) is 34.0 Å². The number of hydrogen-bond donors (Lipinski definition) is 0. The van der Waals surface area contributed by atoms with Gasteiger partial charge >= 0.3 is 0 Å². The van der Waals surface area contributed by atoms with Crippen LogP contribution in [-0.4, -0.2) is 11.2 Å². The molecule has 11 heavy (non-hydrogen) atoms. The van der Waals surface area contributed by atoms with Gasteiger partial charge in [-0.3, -0.25) is 0 Å². The van der Waals surface area contributed by atoms with Gasteiger partial charge < -0.3 is 4.42 Å². The van der Waals surface area contributed by atoms with Gasteiger partial charge in [-0.25, -0.2) is 4.98 Å². The molecule has 2 aromatic rings. The monoisotopic (exact) mass is 165 g/mol. The summed E-state index contributed by atoms with van der Waals surface area (Å²) < 4.78 is 5.21. The Labute approximate surface area is 68.6 Å². The average Bonchev–Trinajstić information content (AvgIpc) is 2.50. The van der Waals surface area contributed by atoms with Crippen LogP contribution >= 0.6 is 11.8 Å². The lowest BCUT2D eigenvalue weighted by atomic mass is 10.3. The van der Waals surface area contributed by atoms with Gasteiger partial charge in [-0.15, -0.1) is 11.8 Å². The van der Waals surface area contributed by atoms with E-state index < -0.39 is 0 Å². The Morgan fingerprint density at radius 1 is 1.45 bits per heavy atom. The van der Waals surface area contributed by atoms with Crippen LogP contribution < -0.4 is 0 Å². The van der Waals surface area contributed by atoms with Crippen molar-refractivity contribution >= 4 is 22.7 Å². The fourth-order valence-corrected chi connectivity index (χ4v) is 1.59. The van der Waals surface area contributed by atoms with Crippen molar-refractivity contribution in [2.75, 3.05) is 6.26 Å². The molecule has 0 aliphatic heterocycles. The van der Waals surface area contributed by atoms with Crippen LogP contribution in [0.5, 0.6) is 0 Å². The van der Waals surface area contributed by atoms with Gasteiger partial charge in [0.15, 0.2) is 0 Å². The van der Waals surface area contributed by atoms with Gasteiger partial charge in [0.05, 0.1) is 11.6 Å². The van der Waals surface area contributed by atoms with Crippen molar-refractivity contribution in [1.29, 1.82) is 0 Å². The molecule has 0 amide bonds. The molecule has 0 unspecified atom stereocenters. The van der Waals surface area contributed by atoms with Crippen LogP contribution in [0.2, 0.25) is 0 Å². The van der Waals surface area contributed by atoms with Gasteiger partial charge in [-0.1, -0.05) is 0 Å². The lowest BCUT2D eigenvalue weighted by molar-refractivity contribution is 0.615. The van der Waals surface area contributed by atoms with E-state index in [1.807, 2.05) is 18.4 Å². The third-order valence-corrected chi connectivity index (χ3v) is 2.25. The fraction of sp³-hybridized carbons (Fsp3) is 0.125. The first kappa shape index (κ1) is 6.73. The SMILES string of the molecule is CSc1nccc2occc12. The van der Waals surface area contributed by atoms with E-state index in [1.54, 1.807) is 24.2 Å². The van der Waals surface area contributed by atoms with Gasteiger partial charge in [0.2, 0.25) is 0 Å². The van der Waals surface area contributed by atoms with Gasteiger partial charge in [-0.2, -0.15) is 0 Å². The number of pyridine rings is 1. The summed E-state index contributed by atoms with van der Waals surface area (Å²) in [7, 11) is 0. The number of furan rings is 1. The van der Waals surface area contributed by atoms with Crippen molar-refractivity contribution in [3.8, 4) is 0 Å². The van der Waals surface area contributed by atoms with Crippen LogP contribution in [0, 0.1) is 0 Å². The summed E-state index contributed by atoms with van der Waals surface area (Å²) in [6.07, 6.45) is 5.46. The first-order valence-electron chi connectivity index (χ1n) is 3.28. The summed E-state index contributed by atoms with van der Waals surface area (Å²) in [4.78, 5) is 4.20. The van der Waals surface area contributed by atoms with Crippen LogP contribution in [0.3, 0.4) is 0 Å². The molecule has 0 fully saturated rings. The number of thioether (sulfide) groups is 1. The Bertz CT molecular complexity index is 369. The van der Waals surface area contributed by atoms with Crippen LogP contribution in [0.25, 0.3) is 11.0 Å². The van der Waals surface area contributed by atoms with Crippen molar-refractivity contribution < 1.29 is 4.42 Å². The minimum absolute atomic E-state index is 0.907. The maximum atomic E-state index is 5.21. The fourth-order valence-electron chi connectivity index (χ4n) is 1.03. The Morgan fingerprint density at radius 3 is 3.18 bits per heavy atom. The highest BCUT2D eigenvalue weighted by atomic mass is 32.2. The van der Waals surface area contributed by atoms with Crippen molar-refractivity contribution in [3.05, 3.63) is 24.6 Å². The predicted octanol–water partition coefficient (Wildman–Crippen LogP) is 2.55. The minimum atomic E-state index is 0.907. The molecule has 0 saturated heterocycles. The zero-order valence-corrected chi connectivity index (χ0v) is 6.89. The molecule has 0 aliphatic carbocycles. The molecule has 0 bridgehead atoms. The van der Waals surface area contributed by atoms with E-state index in [0.29, 0.717) is 0 Å². The normalized spacial score (nSPS) is 10.6. The zero-order chi connectivity index (χ0) is 7.68. The lowest BCUT2D eigenvalue weighted by Gasteiger charge is -1.93. The highest BCUT2D eigenvalue weighted by molar-refractivity contribution is 7.98. The third-order valence-electron chi connectivity index (χ3n) is 1.54. The first-order chi connectivity index (χ1) is 5.42. The summed E-state index contributed by atoms with van der Waals surface area (Å²) in [6.45, 7) is 0. The summed E-state index contributed by atoms with van der Waals surface area (Å²) in [6, 6.07) is 3.81. The second kappa shape index (κ2) is 2.58. The summed E-state index contributed by atoms with van der Waals surface area (Å²) in [5.41, 5.74) is 0.907. The zero-order valence-electron chi connectivity index (χ0n) is 6.07. The van der Waals surface area contributed by atoms with E-state index in [4.69, 9.17) is 4.42 Å². The molecular weight excluding hydrogens is 158 g/mol. The van der Waals surface area contributed by atoms with Crippen molar-refractivity contribution in [3.63, 3.8) is 0 Å². The lowest BCUT2D eigenvalue weighted by Crippen LogP contribution is -1.76. The largest absolute Gasteiger partial charge is 0.464 e. The molecule has 3 heteroatoms. The van der Waals surface area contributed by atoms with E-state index in [0.717, 1.165) is 16.0 Å². The summed E-state index contributed by atoms with van der Waals surface area (Å²) in [5.74, 6) is 0. The molecule has 2 rings (SSSR count). The highest BCUT2D eigenvalue weighted by Gasteiger charge is 2.01. The van der Waals surface area contributed by atoms with E-state index in [2.05, 4.69) is 4.98 Å². The quantitative estimate of drug-likeness (QED) is 0.607. The molecule has 0 N–H and O–H groups in total. The molecule has 0 aliphatic rings. The van der Waals surface area contributed by atoms with E-state index >= 15 is 0 Å². The Morgan fingerprint density at radius 2 is 2.36 bits per heavy atom. The van der Waals surface area contributed by atoms with Crippen molar-refractivity contribution in [1.82, 2.24) is 4.98 Å². The van der Waals surface area contributed by atoms with Crippen molar-refractivity contribution in [2.45, 2.75) is 5.03 Å². The molecule has 56 valence electrons. The second-order valence-electron chi connectivity index (χ2n) is 2.15. The average molecular weight is 165 g/mol. The van der Waals surface area contributed by atoms with Gasteiger partial charge in [-0.05, 0) is 18.4 Å². The number of fused-ring (bicyclic) bond motifs is 1. The van der Waals surface area contributed by atoms with Gasteiger partial charge in [0, 0.05) is 6.20 Å². The molecule has 0 radical (unpaired) electrons. The van der Waals surface area contributed by atoms with Gasteiger partial charge in [0.1, 0.15) is 10.6 Å². The maximum absolute atomic E-state index is 5.21. The molecule has 0 saturated carbocycles. The number of rotatable bonds is 1. The first-order valence-corrected chi connectivity index (χ1v) is 4.50. The smallest absolute Gasteiger partial charge is 0.138 e. The molecule has 2 nitrogen and oxygen atoms in total. The Balaban J connectivity index is 2.79. The van der Waals surface area contributed by atoms with Crippen LogP contribution in [0.4, 0.5) is 0 Å². The minimum Gasteiger partial charge on any atom is -0.464 e. The Kier molecular flexibility index (Phi) is 1.58. The summed E-state index contributed by atoms with van der Waals surface area (Å²) >= 11 is 1.63. The van der Waals surface area contributed by atoms with Crippen LogP contribution in [-0.2, 0) is 0 Å².